The fraction of sp³-hybridized carbons (Fsp3) is 0.650. The summed E-state index contributed by atoms with van der Waals surface area (Å²) in [4.78, 5) is 36.8. The summed E-state index contributed by atoms with van der Waals surface area (Å²) in [6, 6.07) is 0. The van der Waals surface area contributed by atoms with Crippen LogP contribution in [-0.4, -0.2) is 31.3 Å². The highest BCUT2D eigenvalue weighted by molar-refractivity contribution is 6.22. The van der Waals surface area contributed by atoms with Gasteiger partial charge in [0.2, 0.25) is 5.78 Å². The van der Waals surface area contributed by atoms with Gasteiger partial charge in [0.1, 0.15) is 0 Å². The molecule has 3 rings (SSSR count). The van der Waals surface area contributed by atoms with E-state index in [0.717, 1.165) is 25.7 Å². The van der Waals surface area contributed by atoms with Gasteiger partial charge in [-0.25, -0.2) is 0 Å². The van der Waals surface area contributed by atoms with Crippen LogP contribution in [0.15, 0.2) is 23.0 Å². The van der Waals surface area contributed by atoms with Gasteiger partial charge < -0.3 is 9.47 Å². The Hall–Kier alpha value is -1.91. The van der Waals surface area contributed by atoms with Crippen molar-refractivity contribution in [3.63, 3.8) is 0 Å². The van der Waals surface area contributed by atoms with Gasteiger partial charge in [0.15, 0.2) is 11.5 Å². The fourth-order valence-corrected chi connectivity index (χ4v) is 5.33. The van der Waals surface area contributed by atoms with Gasteiger partial charge in [0.25, 0.3) is 0 Å². The highest BCUT2D eigenvalue weighted by Crippen LogP contribution is 2.60. The molecule has 5 heteroatoms. The Bertz CT molecular complexity index is 701. The van der Waals surface area contributed by atoms with E-state index in [9.17, 15) is 14.4 Å². The number of allylic oxidation sites excluding steroid dienone is 3. The zero-order valence-corrected chi connectivity index (χ0v) is 15.4. The number of methoxy groups -OCH3 is 1. The third kappa shape index (κ3) is 2.74. The molecule has 0 spiro atoms. The quantitative estimate of drug-likeness (QED) is 0.580. The number of Topliss-reactive ketones (excluding diaryl/α,β-unsaturated/α-hetero) is 1. The number of carbonyl (C=O) groups is 3. The Morgan fingerprint density at radius 2 is 2.00 bits per heavy atom. The number of hydrogen-bond acceptors (Lipinski definition) is 5. The molecule has 3 aliphatic carbocycles. The predicted octanol–water partition coefficient (Wildman–Crippen LogP) is 3.13. The summed E-state index contributed by atoms with van der Waals surface area (Å²) in [5.74, 6) is -0.199. The molecule has 0 unspecified atom stereocenters. The van der Waals surface area contributed by atoms with Crippen molar-refractivity contribution in [3.8, 4) is 0 Å². The average molecular weight is 346 g/mol. The SMILES string of the molecule is COC1=CC(=O)C2=C(C1=O)[C@@]1(C)CCC[C@@](C)(COC(C)=O)[C@H]1CC2. The van der Waals surface area contributed by atoms with Crippen molar-refractivity contribution in [2.24, 2.45) is 16.7 Å². The number of carbonyl (C=O) groups excluding carboxylic acids is 3. The topological polar surface area (TPSA) is 69.7 Å². The molecule has 0 N–H and O–H groups in total. The monoisotopic (exact) mass is 346 g/mol. The lowest BCUT2D eigenvalue weighted by atomic mass is 9.48. The molecule has 0 aliphatic heterocycles. The Kier molecular flexibility index (Phi) is 4.38. The van der Waals surface area contributed by atoms with E-state index in [-0.39, 0.29) is 40.0 Å². The van der Waals surface area contributed by atoms with E-state index in [1.807, 2.05) is 0 Å². The summed E-state index contributed by atoms with van der Waals surface area (Å²) in [5, 5.41) is 0. The standard InChI is InChI=1S/C20H26O5/c1-12(21)25-11-19(2)8-5-9-20(3)16(19)7-6-13-14(22)10-15(24-4)18(23)17(13)20/h10,16H,5-9,11H2,1-4H3/t16-,19+,20+/m1/s1. The van der Waals surface area contributed by atoms with E-state index in [4.69, 9.17) is 9.47 Å². The molecule has 1 saturated carbocycles. The van der Waals surface area contributed by atoms with Gasteiger partial charge in [-0.15, -0.1) is 0 Å². The van der Waals surface area contributed by atoms with Crippen molar-refractivity contribution < 1.29 is 23.9 Å². The van der Waals surface area contributed by atoms with Gasteiger partial charge in [-0.2, -0.15) is 0 Å². The molecule has 136 valence electrons. The van der Waals surface area contributed by atoms with Gasteiger partial charge >= 0.3 is 5.97 Å². The van der Waals surface area contributed by atoms with E-state index in [1.54, 1.807) is 0 Å². The number of fused-ring (bicyclic) bond motifs is 2. The van der Waals surface area contributed by atoms with Crippen molar-refractivity contribution >= 4 is 17.5 Å². The number of ketones is 2. The van der Waals surface area contributed by atoms with Gasteiger partial charge in [0, 0.05) is 35.0 Å². The maximum absolute atomic E-state index is 13.0. The molecule has 5 nitrogen and oxygen atoms in total. The van der Waals surface area contributed by atoms with Crippen molar-refractivity contribution in [1.82, 2.24) is 0 Å². The molecular formula is C20H26O5. The van der Waals surface area contributed by atoms with Crippen LogP contribution in [0.25, 0.3) is 0 Å². The fourth-order valence-electron chi connectivity index (χ4n) is 5.33. The first-order valence-electron chi connectivity index (χ1n) is 8.94. The largest absolute Gasteiger partial charge is 0.493 e. The van der Waals surface area contributed by atoms with Crippen LogP contribution in [-0.2, 0) is 23.9 Å². The zero-order valence-electron chi connectivity index (χ0n) is 15.4. The first-order valence-corrected chi connectivity index (χ1v) is 8.94. The van der Waals surface area contributed by atoms with E-state index >= 15 is 0 Å². The summed E-state index contributed by atoms with van der Waals surface area (Å²) in [5.41, 5.74) is 0.726. The van der Waals surface area contributed by atoms with Gasteiger partial charge in [-0.3, -0.25) is 14.4 Å². The molecule has 3 atom stereocenters. The first kappa shape index (κ1) is 17.9. The molecule has 0 aromatic rings. The Labute approximate surface area is 148 Å². The molecule has 0 saturated heterocycles. The van der Waals surface area contributed by atoms with Crippen LogP contribution in [0, 0.1) is 16.7 Å². The lowest BCUT2D eigenvalue weighted by Gasteiger charge is -2.55. The Balaban J connectivity index is 2.02. The van der Waals surface area contributed by atoms with Crippen LogP contribution in [0.5, 0.6) is 0 Å². The lowest BCUT2D eigenvalue weighted by Crippen LogP contribution is -2.51. The summed E-state index contributed by atoms with van der Waals surface area (Å²) in [7, 11) is 1.43. The van der Waals surface area contributed by atoms with E-state index in [0.29, 0.717) is 24.2 Å². The number of ether oxygens (including phenoxy) is 2. The maximum Gasteiger partial charge on any atom is 0.302 e. The second-order valence-corrected chi connectivity index (χ2v) is 8.06. The van der Waals surface area contributed by atoms with Gasteiger partial charge in [-0.05, 0) is 31.6 Å². The normalized spacial score (nSPS) is 34.9. The Morgan fingerprint density at radius 1 is 1.28 bits per heavy atom. The molecular weight excluding hydrogens is 320 g/mol. The van der Waals surface area contributed by atoms with Crippen molar-refractivity contribution in [1.29, 1.82) is 0 Å². The van der Waals surface area contributed by atoms with Crippen LogP contribution >= 0.6 is 0 Å². The second kappa shape index (κ2) is 6.11. The summed E-state index contributed by atoms with van der Waals surface area (Å²) >= 11 is 0. The molecule has 0 heterocycles. The first-order chi connectivity index (χ1) is 11.7. The van der Waals surface area contributed by atoms with Gasteiger partial charge in [0.05, 0.1) is 13.7 Å². The average Bonchev–Trinajstić information content (AvgIpc) is 2.55. The minimum atomic E-state index is -0.383. The molecule has 1 fully saturated rings. The second-order valence-electron chi connectivity index (χ2n) is 8.06. The zero-order chi connectivity index (χ0) is 18.4. The minimum Gasteiger partial charge on any atom is -0.493 e. The molecule has 0 aromatic heterocycles. The summed E-state index contributed by atoms with van der Waals surface area (Å²) in [6.07, 6.45) is 5.52. The molecule has 25 heavy (non-hydrogen) atoms. The highest BCUT2D eigenvalue weighted by Gasteiger charge is 2.56. The third-order valence-electron chi connectivity index (χ3n) is 6.45. The van der Waals surface area contributed by atoms with Crippen LogP contribution < -0.4 is 0 Å². The molecule has 0 bridgehead atoms. The molecule has 0 radical (unpaired) electrons. The number of rotatable bonds is 3. The molecule has 3 aliphatic rings. The third-order valence-corrected chi connectivity index (χ3v) is 6.45. The van der Waals surface area contributed by atoms with Crippen molar-refractivity contribution in [2.75, 3.05) is 13.7 Å². The van der Waals surface area contributed by atoms with E-state index in [2.05, 4.69) is 13.8 Å². The van der Waals surface area contributed by atoms with Gasteiger partial charge in [-0.1, -0.05) is 20.3 Å². The summed E-state index contributed by atoms with van der Waals surface area (Å²) < 4.78 is 10.5. The predicted molar refractivity (Wildman–Crippen MR) is 91.6 cm³/mol. The van der Waals surface area contributed by atoms with Crippen LogP contribution in [0.3, 0.4) is 0 Å². The number of hydrogen-bond donors (Lipinski definition) is 0. The van der Waals surface area contributed by atoms with Crippen LogP contribution in [0.2, 0.25) is 0 Å². The molecule has 0 amide bonds. The van der Waals surface area contributed by atoms with Crippen LogP contribution in [0.1, 0.15) is 52.9 Å². The smallest absolute Gasteiger partial charge is 0.302 e. The highest BCUT2D eigenvalue weighted by atomic mass is 16.5. The maximum atomic E-state index is 13.0. The van der Waals surface area contributed by atoms with Crippen LogP contribution in [0.4, 0.5) is 0 Å². The molecule has 0 aromatic carbocycles. The van der Waals surface area contributed by atoms with E-state index in [1.165, 1.54) is 20.1 Å². The van der Waals surface area contributed by atoms with Crippen molar-refractivity contribution in [3.05, 3.63) is 23.0 Å². The number of esters is 1. The Morgan fingerprint density at radius 3 is 2.64 bits per heavy atom. The lowest BCUT2D eigenvalue weighted by molar-refractivity contribution is -0.149. The minimum absolute atomic E-state index is 0.0987. The van der Waals surface area contributed by atoms with Crippen molar-refractivity contribution in [2.45, 2.75) is 52.9 Å². The van der Waals surface area contributed by atoms with E-state index < -0.39 is 0 Å². The summed E-state index contributed by atoms with van der Waals surface area (Å²) in [6.45, 7) is 6.03.